The molecule has 8 nitrogen and oxygen atoms in total. The van der Waals surface area contributed by atoms with E-state index in [2.05, 4.69) is 0 Å². The number of nitrogens with zero attached hydrogens (tertiary/aromatic N) is 1. The number of methoxy groups -OCH3 is 3. The Hall–Kier alpha value is -2.65. The fourth-order valence-electron chi connectivity index (χ4n) is 2.41. The molecule has 9 heteroatoms. The number of rotatable bonds is 7. The van der Waals surface area contributed by atoms with E-state index >= 15 is 0 Å². The zero-order chi connectivity index (χ0) is 19.1. The minimum absolute atomic E-state index is 0.0299. The van der Waals surface area contributed by atoms with E-state index in [1.165, 1.54) is 44.4 Å². The van der Waals surface area contributed by atoms with Crippen molar-refractivity contribution >= 4 is 17.6 Å². The molecular weight excluding hydrogens is 349 g/mol. The summed E-state index contributed by atoms with van der Waals surface area (Å²) >= 11 is 0. The number of benzene rings is 1. The van der Waals surface area contributed by atoms with Crippen molar-refractivity contribution in [1.82, 2.24) is 0 Å². The van der Waals surface area contributed by atoms with Gasteiger partial charge in [0, 0.05) is 7.11 Å². The largest absolute Gasteiger partial charge is 0.486 e. The van der Waals surface area contributed by atoms with Crippen LogP contribution in [0.3, 0.4) is 0 Å². The SMILES string of the molecule is COCCOc1c(F)cccc1N1COCC(C(=O)OC)=C1C(=O)OC. The van der Waals surface area contributed by atoms with Crippen LogP contribution < -0.4 is 9.64 Å². The molecule has 2 rings (SSSR count). The summed E-state index contributed by atoms with van der Waals surface area (Å²) in [7, 11) is 3.86. The van der Waals surface area contributed by atoms with Crippen LogP contribution in [0.1, 0.15) is 0 Å². The van der Waals surface area contributed by atoms with E-state index in [1.54, 1.807) is 0 Å². The maximum absolute atomic E-state index is 14.3. The number of ether oxygens (including phenoxy) is 5. The van der Waals surface area contributed by atoms with Gasteiger partial charge in [-0.25, -0.2) is 14.0 Å². The van der Waals surface area contributed by atoms with Crippen LogP contribution in [-0.4, -0.2) is 59.8 Å². The van der Waals surface area contributed by atoms with E-state index in [0.29, 0.717) is 0 Å². The van der Waals surface area contributed by atoms with Gasteiger partial charge in [0.25, 0.3) is 0 Å². The number of anilines is 1. The lowest BCUT2D eigenvalue weighted by Crippen LogP contribution is -2.39. The van der Waals surface area contributed by atoms with Crippen molar-refractivity contribution < 1.29 is 37.7 Å². The van der Waals surface area contributed by atoms with Gasteiger partial charge in [-0.3, -0.25) is 0 Å². The highest BCUT2D eigenvalue weighted by Gasteiger charge is 2.34. The second kappa shape index (κ2) is 9.16. The minimum Gasteiger partial charge on any atom is -0.486 e. The van der Waals surface area contributed by atoms with Gasteiger partial charge in [0.1, 0.15) is 19.0 Å². The quantitative estimate of drug-likeness (QED) is 0.525. The lowest BCUT2D eigenvalue weighted by Gasteiger charge is -2.32. The van der Waals surface area contributed by atoms with Gasteiger partial charge in [0.05, 0.1) is 38.7 Å². The summed E-state index contributed by atoms with van der Waals surface area (Å²) < 4.78 is 39.5. The van der Waals surface area contributed by atoms with Gasteiger partial charge in [-0.05, 0) is 12.1 Å². The molecule has 0 aromatic heterocycles. The summed E-state index contributed by atoms with van der Waals surface area (Å²) in [6.45, 7) is 0.107. The summed E-state index contributed by atoms with van der Waals surface area (Å²) in [4.78, 5) is 25.6. The van der Waals surface area contributed by atoms with Crippen LogP contribution in [0.4, 0.5) is 10.1 Å². The summed E-state index contributed by atoms with van der Waals surface area (Å²) in [6, 6.07) is 4.21. The van der Waals surface area contributed by atoms with Crippen molar-refractivity contribution in [2.24, 2.45) is 0 Å². The molecule has 0 aliphatic carbocycles. The first-order chi connectivity index (χ1) is 12.5. The zero-order valence-corrected chi connectivity index (χ0v) is 14.7. The summed E-state index contributed by atoms with van der Waals surface area (Å²) in [5.74, 6) is -2.25. The van der Waals surface area contributed by atoms with Gasteiger partial charge < -0.3 is 28.6 Å². The molecular formula is C17H20FNO7. The third-order valence-corrected chi connectivity index (χ3v) is 3.60. The van der Waals surface area contributed by atoms with Gasteiger partial charge in [0.15, 0.2) is 11.6 Å². The third kappa shape index (κ3) is 4.12. The lowest BCUT2D eigenvalue weighted by molar-refractivity contribution is -0.140. The highest BCUT2D eigenvalue weighted by Crippen LogP contribution is 2.36. The number of esters is 2. The van der Waals surface area contributed by atoms with Crippen LogP contribution in [0.15, 0.2) is 29.5 Å². The highest BCUT2D eigenvalue weighted by molar-refractivity contribution is 6.03. The Morgan fingerprint density at radius 2 is 1.88 bits per heavy atom. The molecule has 0 saturated heterocycles. The van der Waals surface area contributed by atoms with Crippen LogP contribution in [0, 0.1) is 5.82 Å². The molecule has 1 aliphatic heterocycles. The van der Waals surface area contributed by atoms with Gasteiger partial charge in [-0.2, -0.15) is 0 Å². The predicted octanol–water partition coefficient (Wildman–Crippen LogP) is 1.25. The van der Waals surface area contributed by atoms with E-state index in [1.807, 2.05) is 0 Å². The average Bonchev–Trinajstić information content (AvgIpc) is 2.67. The second-order valence-electron chi connectivity index (χ2n) is 5.15. The molecule has 0 fully saturated rings. The van der Waals surface area contributed by atoms with Crippen molar-refractivity contribution in [3.8, 4) is 5.75 Å². The summed E-state index contributed by atoms with van der Waals surface area (Å²) in [5.41, 5.74) is 0.0908. The second-order valence-corrected chi connectivity index (χ2v) is 5.15. The molecule has 0 radical (unpaired) electrons. The van der Waals surface area contributed by atoms with Gasteiger partial charge >= 0.3 is 11.9 Å². The first kappa shape index (κ1) is 19.7. The van der Waals surface area contributed by atoms with Crippen LogP contribution >= 0.6 is 0 Å². The standard InChI is InChI=1S/C17H20FNO7/c1-22-7-8-26-15-12(18)5-4-6-13(15)19-10-25-9-11(16(20)23-2)14(19)17(21)24-3/h4-6H,7-10H2,1-3H3. The van der Waals surface area contributed by atoms with Gasteiger partial charge in [-0.1, -0.05) is 6.07 Å². The van der Waals surface area contributed by atoms with Crippen molar-refractivity contribution in [3.63, 3.8) is 0 Å². The van der Waals surface area contributed by atoms with E-state index in [-0.39, 0.29) is 49.3 Å². The van der Waals surface area contributed by atoms with E-state index in [4.69, 9.17) is 23.7 Å². The first-order valence-electron chi connectivity index (χ1n) is 7.70. The Bertz CT molecular complexity index is 704. The molecule has 26 heavy (non-hydrogen) atoms. The van der Waals surface area contributed by atoms with Crippen LogP contribution in [0.5, 0.6) is 5.75 Å². The minimum atomic E-state index is -0.777. The molecule has 1 heterocycles. The fraction of sp³-hybridized carbons (Fsp3) is 0.412. The van der Waals surface area contributed by atoms with Gasteiger partial charge in [0.2, 0.25) is 0 Å². The zero-order valence-electron chi connectivity index (χ0n) is 14.7. The van der Waals surface area contributed by atoms with Crippen LogP contribution in [0.2, 0.25) is 0 Å². The normalized spacial score (nSPS) is 14.2. The third-order valence-electron chi connectivity index (χ3n) is 3.60. The van der Waals surface area contributed by atoms with Crippen LogP contribution in [-0.2, 0) is 28.5 Å². The predicted molar refractivity (Wildman–Crippen MR) is 88.1 cm³/mol. The molecule has 1 aromatic carbocycles. The average molecular weight is 369 g/mol. The van der Waals surface area contributed by atoms with Crippen molar-refractivity contribution in [3.05, 3.63) is 35.3 Å². The Balaban J connectivity index is 2.53. The van der Waals surface area contributed by atoms with E-state index in [0.717, 1.165) is 0 Å². The number of halogens is 1. The van der Waals surface area contributed by atoms with E-state index in [9.17, 15) is 14.0 Å². The molecule has 0 saturated carbocycles. The van der Waals surface area contributed by atoms with Crippen LogP contribution in [0.25, 0.3) is 0 Å². The monoisotopic (exact) mass is 369 g/mol. The Morgan fingerprint density at radius 1 is 1.15 bits per heavy atom. The summed E-state index contributed by atoms with van der Waals surface area (Å²) in [5, 5.41) is 0. The van der Waals surface area contributed by atoms with Crippen molar-refractivity contribution in [1.29, 1.82) is 0 Å². The number of para-hydroxylation sites is 1. The number of hydrogen-bond donors (Lipinski definition) is 0. The van der Waals surface area contributed by atoms with Crippen molar-refractivity contribution in [2.75, 3.05) is 52.8 Å². The van der Waals surface area contributed by atoms with Gasteiger partial charge in [-0.15, -0.1) is 0 Å². The first-order valence-corrected chi connectivity index (χ1v) is 7.70. The molecule has 142 valence electrons. The smallest absolute Gasteiger partial charge is 0.355 e. The molecule has 0 N–H and O–H groups in total. The number of carbonyl (C=O) groups is 2. The molecule has 0 spiro atoms. The number of carbonyl (C=O) groups excluding carboxylic acids is 2. The molecule has 1 aliphatic rings. The summed E-state index contributed by atoms with van der Waals surface area (Å²) in [6.07, 6.45) is 0. The number of hydrogen-bond acceptors (Lipinski definition) is 8. The highest BCUT2D eigenvalue weighted by atomic mass is 19.1. The maximum Gasteiger partial charge on any atom is 0.355 e. The fourth-order valence-corrected chi connectivity index (χ4v) is 2.41. The maximum atomic E-state index is 14.3. The van der Waals surface area contributed by atoms with Crippen molar-refractivity contribution in [2.45, 2.75) is 0 Å². The topological polar surface area (TPSA) is 83.5 Å². The lowest BCUT2D eigenvalue weighted by atomic mass is 10.1. The molecule has 0 amide bonds. The Labute approximate surface area is 150 Å². The Kier molecular flexibility index (Phi) is 6.93. The molecule has 0 unspecified atom stereocenters. The van der Waals surface area contributed by atoms with E-state index < -0.39 is 17.8 Å². The Morgan fingerprint density at radius 3 is 2.54 bits per heavy atom. The molecule has 0 atom stereocenters. The molecule has 0 bridgehead atoms. The molecule has 1 aromatic rings.